The summed E-state index contributed by atoms with van der Waals surface area (Å²) in [5.41, 5.74) is 0. The second-order valence-corrected chi connectivity index (χ2v) is 11.0. The number of rotatable bonds is 10. The van der Waals surface area contributed by atoms with Crippen molar-refractivity contribution >= 4 is 38.8 Å². The van der Waals surface area contributed by atoms with Gasteiger partial charge in [0.15, 0.2) is 9.84 Å². The maximum Gasteiger partial charge on any atom is 0.233 e. The van der Waals surface area contributed by atoms with Crippen molar-refractivity contribution in [1.82, 2.24) is 25.1 Å². The number of aryl methyl sites for hydroxylation is 2. The minimum absolute atomic E-state index is 0.0478. The summed E-state index contributed by atoms with van der Waals surface area (Å²) in [5.74, 6) is 0.404. The maximum atomic E-state index is 12.8. The Bertz CT molecular complexity index is 866. The molecule has 1 amide bonds. The first-order valence-corrected chi connectivity index (χ1v) is 13.1. The SMILES string of the molecule is CCCCN(C(=O)CSc1nnnn1CCc1cccs1)C1CCS(=O)(=O)C1. The van der Waals surface area contributed by atoms with Gasteiger partial charge in [0.1, 0.15) is 0 Å². The molecule has 0 saturated carbocycles. The molecule has 0 bridgehead atoms. The minimum atomic E-state index is -3.03. The van der Waals surface area contributed by atoms with Crippen molar-refractivity contribution < 1.29 is 13.2 Å². The molecule has 154 valence electrons. The van der Waals surface area contributed by atoms with Crippen molar-refractivity contribution in [3.8, 4) is 0 Å². The van der Waals surface area contributed by atoms with Gasteiger partial charge in [0.25, 0.3) is 0 Å². The van der Waals surface area contributed by atoms with Gasteiger partial charge in [-0.05, 0) is 34.7 Å². The monoisotopic (exact) mass is 443 g/mol. The third-order valence-electron chi connectivity index (χ3n) is 4.70. The smallest absolute Gasteiger partial charge is 0.233 e. The molecule has 28 heavy (non-hydrogen) atoms. The predicted molar refractivity (Wildman–Crippen MR) is 110 cm³/mol. The number of aromatic nitrogens is 4. The summed E-state index contributed by atoms with van der Waals surface area (Å²) in [4.78, 5) is 15.8. The van der Waals surface area contributed by atoms with Gasteiger partial charge >= 0.3 is 0 Å². The van der Waals surface area contributed by atoms with Gasteiger partial charge in [-0.25, -0.2) is 13.1 Å². The van der Waals surface area contributed by atoms with E-state index in [2.05, 4.69) is 28.5 Å². The van der Waals surface area contributed by atoms with Crippen molar-refractivity contribution in [1.29, 1.82) is 0 Å². The second kappa shape index (κ2) is 9.84. The van der Waals surface area contributed by atoms with Gasteiger partial charge in [-0.3, -0.25) is 4.79 Å². The molecule has 8 nitrogen and oxygen atoms in total. The molecule has 2 aromatic rings. The van der Waals surface area contributed by atoms with Crippen LogP contribution in [0.15, 0.2) is 22.7 Å². The lowest BCUT2D eigenvalue weighted by atomic mass is 10.2. The molecule has 1 saturated heterocycles. The quantitative estimate of drug-likeness (QED) is 0.517. The number of nitrogens with zero attached hydrogens (tertiary/aromatic N) is 5. The van der Waals surface area contributed by atoms with Gasteiger partial charge < -0.3 is 4.90 Å². The van der Waals surface area contributed by atoms with Crippen LogP contribution in [0.1, 0.15) is 31.1 Å². The number of hydrogen-bond acceptors (Lipinski definition) is 8. The number of tetrazole rings is 1. The van der Waals surface area contributed by atoms with Crippen LogP contribution in [-0.4, -0.2) is 69.3 Å². The van der Waals surface area contributed by atoms with E-state index in [0.29, 0.717) is 24.7 Å². The Labute approximate surface area is 173 Å². The third kappa shape index (κ3) is 5.77. The Morgan fingerprint density at radius 3 is 3.00 bits per heavy atom. The fraction of sp³-hybridized carbons (Fsp3) is 0.647. The van der Waals surface area contributed by atoms with E-state index < -0.39 is 9.84 Å². The zero-order valence-electron chi connectivity index (χ0n) is 15.9. The molecule has 0 radical (unpaired) electrons. The van der Waals surface area contributed by atoms with Crippen LogP contribution in [0, 0.1) is 0 Å². The summed E-state index contributed by atoms with van der Waals surface area (Å²) in [6, 6.07) is 3.88. The van der Waals surface area contributed by atoms with E-state index in [1.165, 1.54) is 16.6 Å². The molecule has 0 aromatic carbocycles. The van der Waals surface area contributed by atoms with E-state index in [1.807, 2.05) is 11.4 Å². The van der Waals surface area contributed by atoms with E-state index in [0.717, 1.165) is 19.3 Å². The summed E-state index contributed by atoms with van der Waals surface area (Å²) in [6.07, 6.45) is 3.19. The van der Waals surface area contributed by atoms with Gasteiger partial charge in [-0.15, -0.1) is 16.4 Å². The molecule has 1 fully saturated rings. The lowest BCUT2D eigenvalue weighted by Crippen LogP contribution is -2.42. The standard InChI is InChI=1S/C17H25N5O3S3/c1-2-3-8-21(14-7-11-28(24,25)13-14)16(23)12-27-17-18-19-20-22(17)9-6-15-5-4-10-26-15/h4-5,10,14H,2-3,6-9,11-13H2,1H3. The van der Waals surface area contributed by atoms with Crippen molar-refractivity contribution in [3.63, 3.8) is 0 Å². The fourth-order valence-electron chi connectivity index (χ4n) is 3.18. The van der Waals surface area contributed by atoms with Crippen LogP contribution in [0.25, 0.3) is 0 Å². The van der Waals surface area contributed by atoms with E-state index in [1.54, 1.807) is 20.9 Å². The number of amides is 1. The van der Waals surface area contributed by atoms with E-state index in [-0.39, 0.29) is 29.2 Å². The predicted octanol–water partition coefficient (Wildman–Crippen LogP) is 1.89. The van der Waals surface area contributed by atoms with Crippen molar-refractivity contribution in [3.05, 3.63) is 22.4 Å². The van der Waals surface area contributed by atoms with Gasteiger partial charge in [0.2, 0.25) is 11.1 Å². The van der Waals surface area contributed by atoms with Crippen molar-refractivity contribution in [2.75, 3.05) is 23.8 Å². The highest BCUT2D eigenvalue weighted by atomic mass is 32.2. The Hall–Kier alpha value is -1.46. The number of unbranched alkanes of at least 4 members (excludes halogenated alkanes) is 1. The van der Waals surface area contributed by atoms with Gasteiger partial charge in [-0.1, -0.05) is 31.2 Å². The molecule has 1 aliphatic rings. The normalized spacial score (nSPS) is 18.4. The topological polar surface area (TPSA) is 98.1 Å². The molecule has 1 unspecified atom stereocenters. The Morgan fingerprint density at radius 1 is 1.46 bits per heavy atom. The Balaban J connectivity index is 1.57. The summed E-state index contributed by atoms with van der Waals surface area (Å²) < 4.78 is 25.4. The number of thiophene rings is 1. The number of carbonyl (C=O) groups is 1. The minimum Gasteiger partial charge on any atom is -0.338 e. The lowest BCUT2D eigenvalue weighted by Gasteiger charge is -2.28. The van der Waals surface area contributed by atoms with Crippen molar-refractivity contribution in [2.45, 2.75) is 50.4 Å². The lowest BCUT2D eigenvalue weighted by molar-refractivity contribution is -0.130. The first kappa shape index (κ1) is 21.3. The van der Waals surface area contributed by atoms with Crippen LogP contribution < -0.4 is 0 Å². The third-order valence-corrected chi connectivity index (χ3v) is 8.32. The average Bonchev–Trinajstić information content (AvgIpc) is 3.39. The largest absolute Gasteiger partial charge is 0.338 e. The maximum absolute atomic E-state index is 12.8. The highest BCUT2D eigenvalue weighted by Crippen LogP contribution is 2.21. The zero-order chi connectivity index (χ0) is 20.0. The molecular weight excluding hydrogens is 418 g/mol. The number of carbonyl (C=O) groups excluding carboxylic acids is 1. The zero-order valence-corrected chi connectivity index (χ0v) is 18.3. The molecule has 2 aromatic heterocycles. The number of thioether (sulfide) groups is 1. The molecule has 3 heterocycles. The van der Waals surface area contributed by atoms with Gasteiger partial charge in [0, 0.05) is 23.9 Å². The summed E-state index contributed by atoms with van der Waals surface area (Å²) in [5, 5.41) is 14.4. The second-order valence-electron chi connectivity index (χ2n) is 6.80. The first-order chi connectivity index (χ1) is 13.5. The van der Waals surface area contributed by atoms with E-state index in [4.69, 9.17) is 0 Å². The van der Waals surface area contributed by atoms with E-state index in [9.17, 15) is 13.2 Å². The number of sulfone groups is 1. The molecule has 0 aliphatic carbocycles. The number of hydrogen-bond donors (Lipinski definition) is 0. The van der Waals surface area contributed by atoms with Crippen LogP contribution in [0.3, 0.4) is 0 Å². The van der Waals surface area contributed by atoms with Crippen LogP contribution in [0.2, 0.25) is 0 Å². The Kier molecular flexibility index (Phi) is 7.47. The highest BCUT2D eigenvalue weighted by molar-refractivity contribution is 7.99. The molecule has 3 rings (SSSR count). The van der Waals surface area contributed by atoms with E-state index >= 15 is 0 Å². The summed E-state index contributed by atoms with van der Waals surface area (Å²) in [7, 11) is -3.03. The van der Waals surface area contributed by atoms with Crippen LogP contribution >= 0.6 is 23.1 Å². The molecular formula is C17H25N5O3S3. The molecule has 1 atom stereocenters. The van der Waals surface area contributed by atoms with Crippen molar-refractivity contribution in [2.24, 2.45) is 0 Å². The van der Waals surface area contributed by atoms with Gasteiger partial charge in [-0.2, -0.15) is 0 Å². The fourth-order valence-corrected chi connectivity index (χ4v) is 6.40. The molecule has 0 spiro atoms. The molecule has 11 heteroatoms. The van der Waals surface area contributed by atoms with Crippen LogP contribution in [0.5, 0.6) is 0 Å². The van der Waals surface area contributed by atoms with Crippen LogP contribution in [0.4, 0.5) is 0 Å². The summed E-state index contributed by atoms with van der Waals surface area (Å²) >= 11 is 3.00. The van der Waals surface area contributed by atoms with Gasteiger partial charge in [0.05, 0.1) is 23.8 Å². The average molecular weight is 444 g/mol. The first-order valence-electron chi connectivity index (χ1n) is 9.39. The van der Waals surface area contributed by atoms with Crippen LogP contribution in [-0.2, 0) is 27.6 Å². The Morgan fingerprint density at radius 2 is 2.32 bits per heavy atom. The summed E-state index contributed by atoms with van der Waals surface area (Å²) in [6.45, 7) is 3.31. The molecule has 0 N–H and O–H groups in total. The molecule has 1 aliphatic heterocycles. The highest BCUT2D eigenvalue weighted by Gasteiger charge is 2.34.